The van der Waals surface area contributed by atoms with Gasteiger partial charge in [0.25, 0.3) is 0 Å². The number of rotatable bonds is 5. The minimum absolute atomic E-state index is 0.0359. The van der Waals surface area contributed by atoms with E-state index in [1.54, 1.807) is 30.3 Å². The van der Waals surface area contributed by atoms with Crippen LogP contribution in [0, 0.1) is 0 Å². The zero-order chi connectivity index (χ0) is 22.7. The van der Waals surface area contributed by atoms with Crippen LogP contribution in [-0.2, 0) is 29.3 Å². The summed E-state index contributed by atoms with van der Waals surface area (Å²) in [7, 11) is 0. The van der Waals surface area contributed by atoms with Crippen LogP contribution >= 0.6 is 0 Å². The molecule has 0 aliphatic heterocycles. The average molecular weight is 435 g/mol. The molecule has 0 fully saturated rings. The van der Waals surface area contributed by atoms with Gasteiger partial charge in [-0.1, -0.05) is 30.3 Å². The highest BCUT2D eigenvalue weighted by atomic mass is 19.4. The molecule has 0 unspecified atom stereocenters. The molecular weight excluding hydrogens is 416 g/mol. The average Bonchev–Trinajstić information content (AvgIpc) is 2.65. The standard InChI is InChI=1S/C20H19F6NO3/c1-12(27-17(28)30-11-13-6-4-3-5-7-13)18(2,29)14-8-15(19(21,22)23)10-16(9-14)20(24,25)26/h3-10,12,29H,11H2,1-2H3,(H,27,28)/t12-,18-/m0/s1. The molecule has 164 valence electrons. The molecule has 2 N–H and O–H groups in total. The van der Waals surface area contributed by atoms with Crippen LogP contribution in [0.5, 0.6) is 0 Å². The van der Waals surface area contributed by atoms with E-state index in [1.165, 1.54) is 6.92 Å². The number of aliphatic hydroxyl groups is 1. The van der Waals surface area contributed by atoms with Gasteiger partial charge in [-0.25, -0.2) is 4.79 Å². The van der Waals surface area contributed by atoms with Crippen molar-refractivity contribution in [3.8, 4) is 0 Å². The number of benzene rings is 2. The Balaban J connectivity index is 2.22. The van der Waals surface area contributed by atoms with Gasteiger partial charge in [0.2, 0.25) is 0 Å². The van der Waals surface area contributed by atoms with Crippen LogP contribution in [0.3, 0.4) is 0 Å². The molecule has 0 spiro atoms. The van der Waals surface area contributed by atoms with Gasteiger partial charge >= 0.3 is 18.4 Å². The number of hydrogen-bond acceptors (Lipinski definition) is 3. The lowest BCUT2D eigenvalue weighted by molar-refractivity contribution is -0.143. The summed E-state index contributed by atoms with van der Waals surface area (Å²) < 4.78 is 83.3. The first-order valence-corrected chi connectivity index (χ1v) is 8.71. The molecular formula is C20H19F6NO3. The van der Waals surface area contributed by atoms with Gasteiger partial charge in [-0.2, -0.15) is 26.3 Å². The van der Waals surface area contributed by atoms with Crippen molar-refractivity contribution in [3.05, 3.63) is 70.8 Å². The topological polar surface area (TPSA) is 58.6 Å². The van der Waals surface area contributed by atoms with Crippen molar-refractivity contribution in [1.82, 2.24) is 5.32 Å². The molecule has 0 aliphatic rings. The minimum Gasteiger partial charge on any atom is -0.445 e. The van der Waals surface area contributed by atoms with Gasteiger partial charge in [-0.15, -0.1) is 0 Å². The molecule has 0 radical (unpaired) electrons. The summed E-state index contributed by atoms with van der Waals surface area (Å²) in [6, 6.07) is 8.10. The summed E-state index contributed by atoms with van der Waals surface area (Å²) in [5, 5.41) is 12.9. The molecule has 0 aromatic heterocycles. The summed E-state index contributed by atoms with van der Waals surface area (Å²) in [5.41, 5.74) is -5.37. The predicted molar refractivity (Wildman–Crippen MR) is 95.2 cm³/mol. The van der Waals surface area contributed by atoms with Gasteiger partial charge in [-0.05, 0) is 43.2 Å². The first-order valence-electron chi connectivity index (χ1n) is 8.71. The molecule has 0 saturated carbocycles. The quantitative estimate of drug-likeness (QED) is 0.631. The molecule has 2 aromatic carbocycles. The summed E-state index contributed by atoms with van der Waals surface area (Å²) in [6.45, 7) is 2.13. The lowest BCUT2D eigenvalue weighted by Crippen LogP contribution is -2.47. The van der Waals surface area contributed by atoms with Crippen molar-refractivity contribution in [2.75, 3.05) is 0 Å². The van der Waals surface area contributed by atoms with Crippen molar-refractivity contribution in [2.24, 2.45) is 0 Å². The third kappa shape index (κ3) is 5.88. The summed E-state index contributed by atoms with van der Waals surface area (Å²) in [4.78, 5) is 12.0. The first kappa shape index (κ1) is 23.5. The van der Waals surface area contributed by atoms with Gasteiger partial charge in [0.15, 0.2) is 0 Å². The van der Waals surface area contributed by atoms with E-state index in [1.807, 2.05) is 0 Å². The fourth-order valence-corrected chi connectivity index (χ4v) is 2.58. The Morgan fingerprint density at radius 2 is 1.43 bits per heavy atom. The van der Waals surface area contributed by atoms with Gasteiger partial charge in [0, 0.05) is 0 Å². The Morgan fingerprint density at radius 3 is 1.90 bits per heavy atom. The Kier molecular flexibility index (Phi) is 6.70. The number of amides is 1. The highest BCUT2D eigenvalue weighted by Gasteiger charge is 2.40. The molecule has 0 saturated heterocycles. The maximum Gasteiger partial charge on any atom is 0.416 e. The zero-order valence-electron chi connectivity index (χ0n) is 15.9. The second-order valence-electron chi connectivity index (χ2n) is 6.87. The predicted octanol–water partition coefficient (Wildman–Crippen LogP) is 5.25. The van der Waals surface area contributed by atoms with E-state index < -0.39 is 46.8 Å². The first-order chi connectivity index (χ1) is 13.7. The van der Waals surface area contributed by atoms with E-state index in [2.05, 4.69) is 5.32 Å². The van der Waals surface area contributed by atoms with Crippen LogP contribution in [-0.4, -0.2) is 17.2 Å². The van der Waals surface area contributed by atoms with Gasteiger partial charge in [0.05, 0.1) is 17.2 Å². The molecule has 2 rings (SSSR count). The van der Waals surface area contributed by atoms with Gasteiger partial charge in [0.1, 0.15) is 12.2 Å². The third-order valence-corrected chi connectivity index (χ3v) is 4.56. The van der Waals surface area contributed by atoms with E-state index in [0.717, 1.165) is 6.92 Å². The van der Waals surface area contributed by atoms with E-state index in [4.69, 9.17) is 4.74 Å². The second-order valence-corrected chi connectivity index (χ2v) is 6.87. The van der Waals surface area contributed by atoms with Crippen LogP contribution in [0.1, 0.15) is 36.1 Å². The molecule has 2 aromatic rings. The number of alkyl halides is 6. The second kappa shape index (κ2) is 8.55. The van der Waals surface area contributed by atoms with Crippen LogP contribution in [0.15, 0.2) is 48.5 Å². The Hall–Kier alpha value is -2.75. The molecule has 10 heteroatoms. The molecule has 30 heavy (non-hydrogen) atoms. The molecule has 0 bridgehead atoms. The number of carbonyl (C=O) groups is 1. The maximum absolute atomic E-state index is 13.1. The van der Waals surface area contributed by atoms with Crippen molar-refractivity contribution < 1.29 is 41.0 Å². The van der Waals surface area contributed by atoms with Crippen molar-refractivity contribution in [1.29, 1.82) is 0 Å². The number of nitrogens with one attached hydrogen (secondary N) is 1. The lowest BCUT2D eigenvalue weighted by atomic mass is 9.86. The molecule has 0 heterocycles. The summed E-state index contributed by atoms with van der Waals surface area (Å²) >= 11 is 0. The molecule has 0 aliphatic carbocycles. The largest absolute Gasteiger partial charge is 0.445 e. The lowest BCUT2D eigenvalue weighted by Gasteiger charge is -2.32. The van der Waals surface area contributed by atoms with Crippen molar-refractivity contribution >= 4 is 6.09 Å². The number of hydrogen-bond donors (Lipinski definition) is 2. The van der Waals surface area contributed by atoms with E-state index >= 15 is 0 Å². The highest BCUT2D eigenvalue weighted by Crippen LogP contribution is 2.39. The van der Waals surface area contributed by atoms with Crippen LogP contribution in [0.4, 0.5) is 31.1 Å². The van der Waals surface area contributed by atoms with Crippen LogP contribution < -0.4 is 5.32 Å². The number of halogens is 6. The van der Waals surface area contributed by atoms with Crippen molar-refractivity contribution in [2.45, 2.75) is 44.4 Å². The Labute approximate surface area is 168 Å². The minimum atomic E-state index is -5.06. The molecule has 1 amide bonds. The summed E-state index contributed by atoms with van der Waals surface area (Å²) in [5.74, 6) is 0. The molecule has 4 nitrogen and oxygen atoms in total. The Bertz CT molecular complexity index is 846. The fourth-order valence-electron chi connectivity index (χ4n) is 2.58. The smallest absolute Gasteiger partial charge is 0.416 e. The van der Waals surface area contributed by atoms with Crippen LogP contribution in [0.2, 0.25) is 0 Å². The Morgan fingerprint density at radius 1 is 0.967 bits per heavy atom. The van der Waals surface area contributed by atoms with E-state index in [9.17, 15) is 36.2 Å². The summed E-state index contributed by atoms with van der Waals surface area (Å²) in [6.07, 6.45) is -11.1. The SMILES string of the molecule is C[C@H](NC(=O)OCc1ccccc1)[C@](C)(O)c1cc(C(F)(F)F)cc(C(F)(F)F)c1. The van der Waals surface area contributed by atoms with E-state index in [0.29, 0.717) is 17.7 Å². The van der Waals surface area contributed by atoms with Gasteiger partial charge < -0.3 is 15.2 Å². The normalized spacial score (nSPS) is 15.2. The van der Waals surface area contributed by atoms with Crippen LogP contribution in [0.25, 0.3) is 0 Å². The zero-order valence-corrected chi connectivity index (χ0v) is 15.9. The highest BCUT2D eigenvalue weighted by molar-refractivity contribution is 5.67. The fraction of sp³-hybridized carbons (Fsp3) is 0.350. The number of alkyl carbamates (subject to hydrolysis) is 1. The number of ether oxygens (including phenoxy) is 1. The monoisotopic (exact) mass is 435 g/mol. The van der Waals surface area contributed by atoms with Crippen molar-refractivity contribution in [3.63, 3.8) is 0 Å². The van der Waals surface area contributed by atoms with E-state index in [-0.39, 0.29) is 12.7 Å². The third-order valence-electron chi connectivity index (χ3n) is 4.56. The molecule has 2 atom stereocenters. The van der Waals surface area contributed by atoms with Gasteiger partial charge in [-0.3, -0.25) is 0 Å². The maximum atomic E-state index is 13.1. The number of carbonyl (C=O) groups excluding carboxylic acids is 1.